The van der Waals surface area contributed by atoms with E-state index in [0.29, 0.717) is 10.7 Å². The number of carboxylic acid groups (broad SMARTS) is 1. The number of anilines is 1. The molecule has 0 bridgehead atoms. The summed E-state index contributed by atoms with van der Waals surface area (Å²) in [5, 5.41) is 12.0. The van der Waals surface area contributed by atoms with Crippen LogP contribution in [0, 0.1) is 0 Å². The number of hydrogen-bond donors (Lipinski definition) is 2. The Hall–Kier alpha value is -2.27. The van der Waals surface area contributed by atoms with Crippen LogP contribution in [0.25, 0.3) is 0 Å². The molecule has 100 valence electrons. The Balaban J connectivity index is 2.85. The predicted molar refractivity (Wildman–Crippen MR) is 71.9 cm³/mol. The summed E-state index contributed by atoms with van der Waals surface area (Å²) in [6.07, 6.45) is 3.36. The molecule has 0 spiro atoms. The van der Waals surface area contributed by atoms with Crippen molar-refractivity contribution in [2.45, 2.75) is 0 Å². The summed E-state index contributed by atoms with van der Waals surface area (Å²) in [6, 6.07) is 6.80. The van der Waals surface area contributed by atoms with Crippen molar-refractivity contribution in [1.29, 1.82) is 0 Å². The van der Waals surface area contributed by atoms with Crippen molar-refractivity contribution in [1.82, 2.24) is 0 Å². The van der Waals surface area contributed by atoms with Crippen molar-refractivity contribution in [3.8, 4) is 0 Å². The zero-order valence-electron chi connectivity index (χ0n) is 10.1. The van der Waals surface area contributed by atoms with E-state index in [2.05, 4.69) is 10.1 Å². The van der Waals surface area contributed by atoms with Crippen LogP contribution in [0.3, 0.4) is 0 Å². The molecule has 6 heteroatoms. The lowest BCUT2D eigenvalue weighted by molar-refractivity contribution is -0.135. The van der Waals surface area contributed by atoms with E-state index in [1.807, 2.05) is 0 Å². The smallest absolute Gasteiger partial charge is 0.339 e. The molecule has 1 rings (SSSR count). The predicted octanol–water partition coefficient (Wildman–Crippen LogP) is 2.45. The van der Waals surface area contributed by atoms with Crippen LogP contribution < -0.4 is 5.32 Å². The van der Waals surface area contributed by atoms with Gasteiger partial charge in [-0.15, -0.1) is 0 Å². The van der Waals surface area contributed by atoms with Crippen LogP contribution in [-0.4, -0.2) is 24.2 Å². The molecule has 0 unspecified atom stereocenters. The Morgan fingerprint density at radius 2 is 1.89 bits per heavy atom. The highest BCUT2D eigenvalue weighted by Gasteiger charge is 2.06. The molecule has 0 fully saturated rings. The third-order valence-corrected chi connectivity index (χ3v) is 2.32. The maximum atomic E-state index is 11.4. The second kappa shape index (κ2) is 7.23. The largest absolute Gasteiger partial charge is 0.478 e. The van der Waals surface area contributed by atoms with E-state index >= 15 is 0 Å². The first-order valence-electron chi connectivity index (χ1n) is 5.24. The van der Waals surface area contributed by atoms with E-state index in [4.69, 9.17) is 16.7 Å². The van der Waals surface area contributed by atoms with Gasteiger partial charge < -0.3 is 15.2 Å². The first kappa shape index (κ1) is 14.8. The summed E-state index contributed by atoms with van der Waals surface area (Å²) in [7, 11) is 1.22. The second-order valence-electron chi connectivity index (χ2n) is 3.41. The maximum Gasteiger partial charge on any atom is 0.339 e. The average molecular weight is 282 g/mol. The van der Waals surface area contributed by atoms with E-state index in [1.165, 1.54) is 13.3 Å². The van der Waals surface area contributed by atoms with E-state index in [0.717, 1.165) is 12.2 Å². The van der Waals surface area contributed by atoms with Gasteiger partial charge in [0.05, 0.1) is 12.7 Å². The van der Waals surface area contributed by atoms with Crippen molar-refractivity contribution in [3.63, 3.8) is 0 Å². The molecule has 1 aromatic carbocycles. The van der Waals surface area contributed by atoms with E-state index in [9.17, 15) is 9.59 Å². The summed E-state index contributed by atoms with van der Waals surface area (Å²) in [6.45, 7) is 0. The molecule has 0 amide bonds. The summed E-state index contributed by atoms with van der Waals surface area (Å²) < 4.78 is 4.54. The monoisotopic (exact) mass is 281 g/mol. The van der Waals surface area contributed by atoms with Gasteiger partial charge in [0, 0.05) is 23.0 Å². The van der Waals surface area contributed by atoms with Crippen LogP contribution in [0.4, 0.5) is 5.69 Å². The number of carboxylic acids is 1. The first-order chi connectivity index (χ1) is 9.02. The number of hydrogen-bond acceptors (Lipinski definition) is 4. The topological polar surface area (TPSA) is 75.6 Å². The molecule has 0 heterocycles. The molecule has 2 N–H and O–H groups in total. The third kappa shape index (κ3) is 5.27. The van der Waals surface area contributed by atoms with Gasteiger partial charge in [0.2, 0.25) is 0 Å². The van der Waals surface area contributed by atoms with Gasteiger partial charge in [-0.25, -0.2) is 9.59 Å². The van der Waals surface area contributed by atoms with Gasteiger partial charge in [0.15, 0.2) is 0 Å². The fourth-order valence-corrected chi connectivity index (χ4v) is 1.29. The maximum absolute atomic E-state index is 11.4. The number of benzene rings is 1. The fraction of sp³-hybridized carbons (Fsp3) is 0.0769. The number of nitrogens with one attached hydrogen (secondary N) is 1. The first-order valence-corrected chi connectivity index (χ1v) is 5.62. The molecular weight excluding hydrogens is 270 g/mol. The molecule has 0 atom stereocenters. The Labute approximate surface area is 115 Å². The normalized spacial score (nSPS) is 11.4. The minimum atomic E-state index is -1.15. The Morgan fingerprint density at radius 1 is 1.26 bits per heavy atom. The lowest BCUT2D eigenvalue weighted by atomic mass is 10.2. The highest BCUT2D eigenvalue weighted by atomic mass is 35.5. The third-order valence-electron chi connectivity index (χ3n) is 2.07. The van der Waals surface area contributed by atoms with E-state index in [1.54, 1.807) is 24.3 Å². The summed E-state index contributed by atoms with van der Waals surface area (Å²) >= 11 is 5.74. The summed E-state index contributed by atoms with van der Waals surface area (Å²) in [5.74, 6) is -1.79. The van der Waals surface area contributed by atoms with Gasteiger partial charge in [-0.3, -0.25) is 0 Å². The Morgan fingerprint density at radius 3 is 2.42 bits per heavy atom. The van der Waals surface area contributed by atoms with Gasteiger partial charge in [-0.05, 0) is 30.3 Å². The molecule has 19 heavy (non-hydrogen) atoms. The van der Waals surface area contributed by atoms with Crippen LogP contribution in [0.15, 0.2) is 48.2 Å². The van der Waals surface area contributed by atoms with Crippen molar-refractivity contribution in [3.05, 3.63) is 53.2 Å². The fourth-order valence-electron chi connectivity index (χ4n) is 1.16. The Bertz CT molecular complexity index is 520. The molecule has 0 radical (unpaired) electrons. The molecule has 0 saturated carbocycles. The number of halogens is 1. The quantitative estimate of drug-likeness (QED) is 0.492. The highest BCUT2D eigenvalue weighted by molar-refractivity contribution is 6.30. The van der Waals surface area contributed by atoms with Gasteiger partial charge in [-0.1, -0.05) is 11.6 Å². The van der Waals surface area contributed by atoms with Crippen molar-refractivity contribution in [2.75, 3.05) is 12.4 Å². The number of rotatable bonds is 5. The van der Waals surface area contributed by atoms with Crippen molar-refractivity contribution < 1.29 is 19.4 Å². The molecule has 0 aliphatic carbocycles. The van der Waals surface area contributed by atoms with Gasteiger partial charge in [0.1, 0.15) is 0 Å². The summed E-state index contributed by atoms with van der Waals surface area (Å²) in [5.41, 5.74) is 0.786. The standard InChI is InChI=1S/C13H12ClNO4/c1-19-13(18)9(2-7-12(16)17)8-15-11-5-3-10(14)4-6-11/h2-8,15H,1H3,(H,16,17). The van der Waals surface area contributed by atoms with Gasteiger partial charge in [-0.2, -0.15) is 0 Å². The minimum Gasteiger partial charge on any atom is -0.478 e. The van der Waals surface area contributed by atoms with Crippen LogP contribution in [0.2, 0.25) is 5.02 Å². The van der Waals surface area contributed by atoms with Crippen molar-refractivity contribution >= 4 is 29.2 Å². The van der Waals surface area contributed by atoms with Crippen LogP contribution in [-0.2, 0) is 14.3 Å². The number of methoxy groups -OCH3 is 1. The number of ether oxygens (including phenoxy) is 1. The number of carbonyl (C=O) groups excluding carboxylic acids is 1. The van der Waals surface area contributed by atoms with Crippen LogP contribution in [0.5, 0.6) is 0 Å². The lowest BCUT2D eigenvalue weighted by Crippen LogP contribution is -2.05. The number of aliphatic carboxylic acids is 1. The molecule has 0 aliphatic rings. The van der Waals surface area contributed by atoms with E-state index < -0.39 is 11.9 Å². The molecule has 1 aromatic rings. The van der Waals surface area contributed by atoms with Crippen molar-refractivity contribution in [2.24, 2.45) is 0 Å². The van der Waals surface area contributed by atoms with Gasteiger partial charge in [0.25, 0.3) is 0 Å². The molecule has 0 saturated heterocycles. The molecule has 0 aromatic heterocycles. The Kier molecular flexibility index (Phi) is 5.63. The lowest BCUT2D eigenvalue weighted by Gasteiger charge is -2.03. The zero-order chi connectivity index (χ0) is 14.3. The highest BCUT2D eigenvalue weighted by Crippen LogP contribution is 2.14. The molecule has 5 nitrogen and oxygen atoms in total. The van der Waals surface area contributed by atoms with Gasteiger partial charge >= 0.3 is 11.9 Å². The minimum absolute atomic E-state index is 0.0832. The number of esters is 1. The van der Waals surface area contributed by atoms with Crippen LogP contribution in [0.1, 0.15) is 0 Å². The average Bonchev–Trinajstić information content (AvgIpc) is 2.39. The summed E-state index contributed by atoms with van der Waals surface area (Å²) in [4.78, 5) is 21.8. The SMILES string of the molecule is COC(=O)C(C=CC(=O)O)=CNc1ccc(Cl)cc1. The van der Waals surface area contributed by atoms with E-state index in [-0.39, 0.29) is 5.57 Å². The molecule has 0 aliphatic heterocycles. The second-order valence-corrected chi connectivity index (χ2v) is 3.85. The number of carbonyl (C=O) groups is 2. The van der Waals surface area contributed by atoms with Crippen LogP contribution >= 0.6 is 11.6 Å². The molecular formula is C13H12ClNO4. The zero-order valence-corrected chi connectivity index (χ0v) is 10.8.